The number of benzene rings is 1. The second-order valence-electron chi connectivity index (χ2n) is 9.65. The third-order valence-corrected chi connectivity index (χ3v) is 7.26. The maximum Gasteiger partial charge on any atom is 0.416 e. The number of piperazine rings is 1. The molecule has 1 atom stereocenters. The first kappa shape index (κ1) is 29.5. The third kappa shape index (κ3) is 5.82. The molecule has 0 N–H and O–H groups in total. The molecule has 0 spiro atoms. The van der Waals surface area contributed by atoms with Crippen LogP contribution in [0.5, 0.6) is 0 Å². The summed E-state index contributed by atoms with van der Waals surface area (Å²) in [6, 6.07) is 1.16. The van der Waals surface area contributed by atoms with Crippen LogP contribution in [0.25, 0.3) is 0 Å². The van der Waals surface area contributed by atoms with Gasteiger partial charge in [0.25, 0.3) is 5.91 Å². The van der Waals surface area contributed by atoms with E-state index in [9.17, 15) is 36.3 Å². The molecule has 0 saturated carbocycles. The summed E-state index contributed by atoms with van der Waals surface area (Å²) in [7, 11) is 2.86. The van der Waals surface area contributed by atoms with Crippen molar-refractivity contribution in [2.75, 3.05) is 63.2 Å². The third-order valence-electron chi connectivity index (χ3n) is 6.91. The Bertz CT molecular complexity index is 1340. The normalized spacial score (nSPS) is 18.6. The van der Waals surface area contributed by atoms with E-state index in [4.69, 9.17) is 11.6 Å². The maximum absolute atomic E-state index is 14.7. The largest absolute Gasteiger partial charge is 0.416 e. The second kappa shape index (κ2) is 11.2. The monoisotopic (exact) mass is 588 g/mol. The molecule has 40 heavy (non-hydrogen) atoms. The van der Waals surface area contributed by atoms with Crippen LogP contribution in [-0.4, -0.2) is 96.9 Å². The lowest BCUT2D eigenvalue weighted by Gasteiger charge is -2.32. The average molecular weight is 589 g/mol. The molecule has 4 amide bonds. The number of nitrogens with zero attached hydrogens (tertiary/aromatic N) is 6. The van der Waals surface area contributed by atoms with Crippen molar-refractivity contribution in [3.63, 3.8) is 0 Å². The van der Waals surface area contributed by atoms with Crippen LogP contribution in [-0.2, 0) is 15.8 Å². The van der Waals surface area contributed by atoms with E-state index in [-0.39, 0.29) is 43.5 Å². The zero-order valence-electron chi connectivity index (χ0n) is 21.8. The predicted molar refractivity (Wildman–Crippen MR) is 136 cm³/mol. The molecule has 15 heteroatoms. The van der Waals surface area contributed by atoms with Crippen molar-refractivity contribution in [2.45, 2.75) is 19.1 Å². The summed E-state index contributed by atoms with van der Waals surface area (Å²) < 4.78 is 69.2. The number of likely N-dealkylation sites (N-methyl/N-ethyl adjacent to an activating group) is 2. The van der Waals surface area contributed by atoms with Crippen molar-refractivity contribution in [3.8, 4) is 0 Å². The number of alkyl halides is 3. The molecular formula is C25H26ClF5N6O3. The molecule has 2 aliphatic heterocycles. The Morgan fingerprint density at radius 3 is 2.50 bits per heavy atom. The van der Waals surface area contributed by atoms with Gasteiger partial charge in [0, 0.05) is 46.0 Å². The number of aryl methyl sites for hydroxylation is 1. The smallest absolute Gasteiger partial charge is 0.343 e. The summed E-state index contributed by atoms with van der Waals surface area (Å²) in [4.78, 5) is 49.6. The summed E-state index contributed by atoms with van der Waals surface area (Å²) in [5.41, 5.74) is -1.48. The van der Waals surface area contributed by atoms with Gasteiger partial charge in [0.2, 0.25) is 5.91 Å². The predicted octanol–water partition coefficient (Wildman–Crippen LogP) is 3.39. The van der Waals surface area contributed by atoms with Crippen molar-refractivity contribution in [1.29, 1.82) is 0 Å². The highest BCUT2D eigenvalue weighted by molar-refractivity contribution is 6.31. The average Bonchev–Trinajstić information content (AvgIpc) is 3.22. The Hall–Kier alpha value is -3.52. The van der Waals surface area contributed by atoms with Crippen LogP contribution in [0, 0.1) is 18.6 Å². The number of pyridine rings is 1. The minimum atomic E-state index is -4.75. The van der Waals surface area contributed by atoms with E-state index in [0.717, 1.165) is 28.0 Å². The standard InChI is InChI=1S/C25H26ClF5N6O3/c1-14-10-15(25(29,30)31)11-19(32-14)37-18(23(39)34(3)17-5-4-16(27)21(26)22(17)28)12-36(24(37)40)9-8-35-7-6-33(2)20(38)13-35/h4-5,10-11,18H,6-9,12-13H2,1-3H3. The Morgan fingerprint density at radius 2 is 1.85 bits per heavy atom. The van der Waals surface area contributed by atoms with Crippen LogP contribution < -0.4 is 9.80 Å². The van der Waals surface area contributed by atoms with Crippen molar-refractivity contribution in [2.24, 2.45) is 0 Å². The lowest BCUT2D eigenvalue weighted by atomic mass is 10.1. The first-order valence-electron chi connectivity index (χ1n) is 12.2. The fraction of sp³-hybridized carbons (Fsp3) is 0.440. The number of carbonyl (C=O) groups is 3. The molecule has 2 saturated heterocycles. The fourth-order valence-electron chi connectivity index (χ4n) is 4.60. The summed E-state index contributed by atoms with van der Waals surface area (Å²) in [6.45, 7) is 2.58. The molecule has 0 radical (unpaired) electrons. The number of urea groups is 1. The van der Waals surface area contributed by atoms with Gasteiger partial charge in [0.05, 0.1) is 24.3 Å². The minimum absolute atomic E-state index is 0.0389. The van der Waals surface area contributed by atoms with Crippen LogP contribution in [0.3, 0.4) is 0 Å². The number of hydrogen-bond donors (Lipinski definition) is 0. The Kier molecular flexibility index (Phi) is 8.22. The number of hydrogen-bond acceptors (Lipinski definition) is 5. The van der Waals surface area contributed by atoms with Crippen LogP contribution >= 0.6 is 11.6 Å². The van der Waals surface area contributed by atoms with Gasteiger partial charge in [-0.3, -0.25) is 19.4 Å². The second-order valence-corrected chi connectivity index (χ2v) is 10.0. The van der Waals surface area contributed by atoms with E-state index in [0.29, 0.717) is 19.2 Å². The SMILES string of the molecule is Cc1cc(C(F)(F)F)cc(N2C(=O)N(CCN3CCN(C)C(=O)C3)CC2C(=O)N(C)c2ccc(F)c(Cl)c2F)n1. The van der Waals surface area contributed by atoms with Crippen LogP contribution in [0.1, 0.15) is 11.3 Å². The summed E-state index contributed by atoms with van der Waals surface area (Å²) in [5, 5.41) is -0.838. The number of carbonyl (C=O) groups excluding carboxylic acids is 3. The lowest BCUT2D eigenvalue weighted by Crippen LogP contribution is -2.50. The van der Waals surface area contributed by atoms with Gasteiger partial charge < -0.3 is 14.7 Å². The van der Waals surface area contributed by atoms with Gasteiger partial charge in [-0.25, -0.2) is 18.6 Å². The molecule has 2 aliphatic rings. The molecule has 2 aromatic rings. The van der Waals surface area contributed by atoms with Crippen molar-refractivity contribution in [3.05, 3.63) is 52.2 Å². The van der Waals surface area contributed by atoms with E-state index < -0.39 is 52.2 Å². The van der Waals surface area contributed by atoms with Crippen molar-refractivity contribution < 1.29 is 36.3 Å². The van der Waals surface area contributed by atoms with Gasteiger partial charge in [0.1, 0.15) is 22.7 Å². The molecule has 1 aromatic heterocycles. The van der Waals surface area contributed by atoms with E-state index >= 15 is 0 Å². The number of aromatic nitrogens is 1. The van der Waals surface area contributed by atoms with Crippen LogP contribution in [0.4, 0.5) is 38.3 Å². The van der Waals surface area contributed by atoms with E-state index in [2.05, 4.69) is 4.98 Å². The topological polar surface area (TPSA) is 80.3 Å². The molecule has 9 nitrogen and oxygen atoms in total. The molecule has 4 rings (SSSR count). The molecule has 0 aliphatic carbocycles. The maximum atomic E-state index is 14.7. The van der Waals surface area contributed by atoms with Crippen molar-refractivity contribution >= 4 is 41.0 Å². The summed E-state index contributed by atoms with van der Waals surface area (Å²) in [6.07, 6.45) is -4.75. The zero-order valence-corrected chi connectivity index (χ0v) is 22.6. The number of anilines is 2. The highest BCUT2D eigenvalue weighted by atomic mass is 35.5. The number of amides is 4. The Labute approximate surface area is 231 Å². The van der Waals surface area contributed by atoms with E-state index in [1.807, 2.05) is 4.90 Å². The molecule has 1 unspecified atom stereocenters. The van der Waals surface area contributed by atoms with Gasteiger partial charge in [-0.1, -0.05) is 11.6 Å². The lowest BCUT2D eigenvalue weighted by molar-refractivity contribution is -0.137. The van der Waals surface area contributed by atoms with Gasteiger partial charge in [-0.2, -0.15) is 13.2 Å². The highest BCUT2D eigenvalue weighted by Gasteiger charge is 2.45. The van der Waals surface area contributed by atoms with Gasteiger partial charge >= 0.3 is 12.2 Å². The van der Waals surface area contributed by atoms with Gasteiger partial charge in [-0.15, -0.1) is 0 Å². The quantitative estimate of drug-likeness (QED) is 0.382. The number of halogens is 6. The Balaban J connectivity index is 1.66. The minimum Gasteiger partial charge on any atom is -0.343 e. The molecule has 2 fully saturated rings. The van der Waals surface area contributed by atoms with Crippen molar-refractivity contribution in [1.82, 2.24) is 19.7 Å². The van der Waals surface area contributed by atoms with Gasteiger partial charge in [0.15, 0.2) is 5.82 Å². The highest BCUT2D eigenvalue weighted by Crippen LogP contribution is 2.35. The van der Waals surface area contributed by atoms with E-state index in [1.54, 1.807) is 11.9 Å². The molecule has 1 aromatic carbocycles. The fourth-order valence-corrected chi connectivity index (χ4v) is 4.76. The number of rotatable bonds is 6. The van der Waals surface area contributed by atoms with Crippen LogP contribution in [0.2, 0.25) is 5.02 Å². The molecule has 3 heterocycles. The Morgan fingerprint density at radius 1 is 1.15 bits per heavy atom. The first-order valence-corrected chi connectivity index (χ1v) is 12.6. The summed E-state index contributed by atoms with van der Waals surface area (Å²) >= 11 is 5.67. The molecule has 216 valence electrons. The van der Waals surface area contributed by atoms with E-state index in [1.165, 1.54) is 18.9 Å². The van der Waals surface area contributed by atoms with Gasteiger partial charge in [-0.05, 0) is 31.2 Å². The molecule has 0 bridgehead atoms. The molecular weight excluding hydrogens is 563 g/mol. The first-order chi connectivity index (χ1) is 18.7. The van der Waals surface area contributed by atoms with Crippen LogP contribution in [0.15, 0.2) is 24.3 Å². The zero-order chi connectivity index (χ0) is 29.5. The summed E-state index contributed by atoms with van der Waals surface area (Å²) in [5.74, 6) is -3.61.